The number of benzene rings is 3. The van der Waals surface area contributed by atoms with Crippen molar-refractivity contribution in [2.24, 2.45) is 0 Å². The van der Waals surface area contributed by atoms with E-state index in [1.54, 1.807) is 0 Å². The lowest BCUT2D eigenvalue weighted by atomic mass is 9.90. The van der Waals surface area contributed by atoms with Gasteiger partial charge in [0.25, 0.3) is 0 Å². The number of hydrogen-bond donors (Lipinski definition) is 1. The third-order valence-electron chi connectivity index (χ3n) is 4.64. The van der Waals surface area contributed by atoms with Crippen LogP contribution in [0.5, 0.6) is 5.75 Å². The van der Waals surface area contributed by atoms with E-state index >= 15 is 0 Å². The summed E-state index contributed by atoms with van der Waals surface area (Å²) < 4.78 is 0. The molecule has 0 saturated carbocycles. The minimum absolute atomic E-state index is 0.342. The van der Waals surface area contributed by atoms with Gasteiger partial charge in [-0.2, -0.15) is 0 Å². The summed E-state index contributed by atoms with van der Waals surface area (Å²) in [5.74, 6) is 0.342. The van der Waals surface area contributed by atoms with Gasteiger partial charge in [0.1, 0.15) is 5.75 Å². The van der Waals surface area contributed by atoms with E-state index in [9.17, 15) is 5.11 Å². The Hall–Kier alpha value is -2.54. The van der Waals surface area contributed by atoms with E-state index in [-0.39, 0.29) is 0 Å². The molecule has 4 rings (SSSR count). The van der Waals surface area contributed by atoms with Crippen LogP contribution in [0.2, 0.25) is 0 Å². The maximum atomic E-state index is 9.80. The van der Waals surface area contributed by atoms with Crippen LogP contribution in [0.1, 0.15) is 22.3 Å². The topological polar surface area (TPSA) is 20.2 Å². The van der Waals surface area contributed by atoms with E-state index in [4.69, 9.17) is 0 Å². The zero-order valence-corrected chi connectivity index (χ0v) is 12.9. The molecule has 1 nitrogen and oxygen atoms in total. The van der Waals surface area contributed by atoms with Crippen LogP contribution in [-0.4, -0.2) is 5.11 Å². The molecule has 1 N–H and O–H groups in total. The third-order valence-corrected chi connectivity index (χ3v) is 4.64. The molecule has 1 aliphatic carbocycles. The van der Waals surface area contributed by atoms with Gasteiger partial charge in [0.15, 0.2) is 0 Å². The Morgan fingerprint density at radius 2 is 1.41 bits per heavy atom. The first-order valence-electron chi connectivity index (χ1n) is 7.66. The maximum Gasteiger partial charge on any atom is 0.116 e. The van der Waals surface area contributed by atoms with Gasteiger partial charge in [0, 0.05) is 0 Å². The molecule has 0 atom stereocenters. The molecule has 1 heteroatoms. The molecule has 22 heavy (non-hydrogen) atoms. The van der Waals surface area contributed by atoms with Gasteiger partial charge in [0.2, 0.25) is 0 Å². The second-order valence-corrected chi connectivity index (χ2v) is 6.12. The van der Waals surface area contributed by atoms with E-state index in [2.05, 4.69) is 56.3 Å². The summed E-state index contributed by atoms with van der Waals surface area (Å²) in [7, 11) is 0. The Labute approximate surface area is 130 Å². The monoisotopic (exact) mass is 286 g/mol. The minimum Gasteiger partial charge on any atom is -0.508 e. The molecule has 0 saturated heterocycles. The Kier molecular flexibility index (Phi) is 2.83. The summed E-state index contributed by atoms with van der Waals surface area (Å²) in [6.45, 7) is 4.15. The van der Waals surface area contributed by atoms with Crippen LogP contribution in [0, 0.1) is 13.8 Å². The van der Waals surface area contributed by atoms with Crippen molar-refractivity contribution in [3.63, 3.8) is 0 Å². The molecule has 0 fully saturated rings. The molecule has 0 heterocycles. The van der Waals surface area contributed by atoms with Crippen LogP contribution < -0.4 is 0 Å². The Morgan fingerprint density at radius 3 is 2.18 bits per heavy atom. The highest BCUT2D eigenvalue weighted by atomic mass is 16.3. The first-order valence-corrected chi connectivity index (χ1v) is 7.66. The minimum atomic E-state index is 0.342. The van der Waals surface area contributed by atoms with Gasteiger partial charge >= 0.3 is 0 Å². The van der Waals surface area contributed by atoms with Crippen molar-refractivity contribution in [3.8, 4) is 28.0 Å². The molecular weight excluding hydrogens is 268 g/mol. The summed E-state index contributed by atoms with van der Waals surface area (Å²) in [5.41, 5.74) is 10.3. The lowest BCUT2D eigenvalue weighted by molar-refractivity contribution is 0.474. The zero-order chi connectivity index (χ0) is 15.3. The normalized spacial score (nSPS) is 12.1. The first-order chi connectivity index (χ1) is 10.6. The highest BCUT2D eigenvalue weighted by Crippen LogP contribution is 2.43. The highest BCUT2D eigenvalue weighted by Gasteiger charge is 2.22. The predicted molar refractivity (Wildman–Crippen MR) is 91.3 cm³/mol. The SMILES string of the molecule is Cc1cc(O)cc(C)c1-c1cccc2c1Cc1ccccc1-2. The van der Waals surface area contributed by atoms with Crippen molar-refractivity contribution in [1.82, 2.24) is 0 Å². The van der Waals surface area contributed by atoms with Gasteiger partial charge in [-0.3, -0.25) is 0 Å². The molecule has 0 unspecified atom stereocenters. The predicted octanol–water partition coefficient (Wildman–Crippen LogP) is 5.25. The number of aryl methyl sites for hydroxylation is 2. The fourth-order valence-corrected chi connectivity index (χ4v) is 3.76. The van der Waals surface area contributed by atoms with Crippen molar-refractivity contribution < 1.29 is 5.11 Å². The van der Waals surface area contributed by atoms with Gasteiger partial charge < -0.3 is 5.11 Å². The number of aromatic hydroxyl groups is 1. The molecule has 1 aliphatic rings. The van der Waals surface area contributed by atoms with E-state index in [1.807, 2.05) is 12.1 Å². The fourth-order valence-electron chi connectivity index (χ4n) is 3.76. The fraction of sp³-hybridized carbons (Fsp3) is 0.143. The standard InChI is InChI=1S/C21H18O/c1-13-10-16(22)11-14(2)21(13)19-9-5-8-18-17-7-4-3-6-15(17)12-20(18)19/h3-11,22H,12H2,1-2H3. The molecule has 3 aromatic carbocycles. The van der Waals surface area contributed by atoms with E-state index < -0.39 is 0 Å². The molecule has 3 aromatic rings. The molecule has 0 bridgehead atoms. The van der Waals surface area contributed by atoms with E-state index in [1.165, 1.54) is 33.4 Å². The van der Waals surface area contributed by atoms with E-state index in [0.29, 0.717) is 5.75 Å². The van der Waals surface area contributed by atoms with Crippen molar-refractivity contribution >= 4 is 0 Å². The van der Waals surface area contributed by atoms with Gasteiger partial charge in [-0.05, 0) is 76.9 Å². The molecule has 0 amide bonds. The van der Waals surface area contributed by atoms with Crippen LogP contribution in [0.25, 0.3) is 22.3 Å². The van der Waals surface area contributed by atoms with Crippen molar-refractivity contribution in [2.45, 2.75) is 20.3 Å². The summed E-state index contributed by atoms with van der Waals surface area (Å²) in [4.78, 5) is 0. The number of rotatable bonds is 1. The summed E-state index contributed by atoms with van der Waals surface area (Å²) >= 11 is 0. The second-order valence-electron chi connectivity index (χ2n) is 6.12. The van der Waals surface area contributed by atoms with Gasteiger partial charge in [0.05, 0.1) is 0 Å². The van der Waals surface area contributed by atoms with Crippen LogP contribution >= 0.6 is 0 Å². The molecule has 0 aromatic heterocycles. The molecule has 0 radical (unpaired) electrons. The molecule has 0 aliphatic heterocycles. The number of phenols is 1. The Balaban J connectivity index is 1.98. The average Bonchev–Trinajstić information content (AvgIpc) is 2.86. The first kappa shape index (κ1) is 13.1. The summed E-state index contributed by atoms with van der Waals surface area (Å²) in [5, 5.41) is 9.80. The quantitative estimate of drug-likeness (QED) is 0.507. The van der Waals surface area contributed by atoms with Crippen molar-refractivity contribution in [1.29, 1.82) is 0 Å². The van der Waals surface area contributed by atoms with Crippen LogP contribution in [0.15, 0.2) is 54.6 Å². The smallest absolute Gasteiger partial charge is 0.116 e. The maximum absolute atomic E-state index is 9.80. The van der Waals surface area contributed by atoms with Crippen molar-refractivity contribution in [3.05, 3.63) is 76.9 Å². The van der Waals surface area contributed by atoms with Crippen LogP contribution in [0.4, 0.5) is 0 Å². The van der Waals surface area contributed by atoms with Crippen LogP contribution in [-0.2, 0) is 6.42 Å². The highest BCUT2D eigenvalue weighted by molar-refractivity contribution is 5.86. The Morgan fingerprint density at radius 1 is 0.773 bits per heavy atom. The molecule has 108 valence electrons. The van der Waals surface area contributed by atoms with Crippen molar-refractivity contribution in [2.75, 3.05) is 0 Å². The molecular formula is C21H18O. The zero-order valence-electron chi connectivity index (χ0n) is 12.9. The number of fused-ring (bicyclic) bond motifs is 3. The van der Waals surface area contributed by atoms with Gasteiger partial charge in [-0.1, -0.05) is 42.5 Å². The van der Waals surface area contributed by atoms with E-state index in [0.717, 1.165) is 17.5 Å². The van der Waals surface area contributed by atoms with Crippen LogP contribution in [0.3, 0.4) is 0 Å². The summed E-state index contributed by atoms with van der Waals surface area (Å²) in [6, 6.07) is 18.9. The summed E-state index contributed by atoms with van der Waals surface area (Å²) in [6.07, 6.45) is 0.988. The third kappa shape index (κ3) is 1.86. The number of hydrogen-bond acceptors (Lipinski definition) is 1. The lowest BCUT2D eigenvalue weighted by Gasteiger charge is -2.15. The lowest BCUT2D eigenvalue weighted by Crippen LogP contribution is -1.93. The number of phenolic OH excluding ortho intramolecular Hbond substituents is 1. The van der Waals surface area contributed by atoms with Gasteiger partial charge in [-0.25, -0.2) is 0 Å². The average molecular weight is 286 g/mol. The largest absolute Gasteiger partial charge is 0.508 e. The molecule has 0 spiro atoms. The second kappa shape index (κ2) is 4.74. The van der Waals surface area contributed by atoms with Gasteiger partial charge in [-0.15, -0.1) is 0 Å². The Bertz CT molecular complexity index is 867.